The summed E-state index contributed by atoms with van der Waals surface area (Å²) in [5.74, 6) is -0.317. The van der Waals surface area contributed by atoms with E-state index in [4.69, 9.17) is 4.74 Å². The summed E-state index contributed by atoms with van der Waals surface area (Å²) in [6.45, 7) is 4.58. The van der Waals surface area contributed by atoms with Crippen LogP contribution in [0.25, 0.3) is 0 Å². The molecule has 2 fully saturated rings. The van der Waals surface area contributed by atoms with Crippen LogP contribution in [0.5, 0.6) is 0 Å². The van der Waals surface area contributed by atoms with Gasteiger partial charge in [0.05, 0.1) is 10.5 Å². The van der Waals surface area contributed by atoms with E-state index < -0.39 is 44.6 Å². The van der Waals surface area contributed by atoms with E-state index in [1.54, 1.807) is 4.90 Å². The van der Waals surface area contributed by atoms with Gasteiger partial charge in [-0.25, -0.2) is 8.42 Å². The molecule has 1 aromatic carbocycles. The van der Waals surface area contributed by atoms with E-state index in [0.717, 1.165) is 63.6 Å². The van der Waals surface area contributed by atoms with Gasteiger partial charge in [-0.05, 0) is 71.2 Å². The van der Waals surface area contributed by atoms with Gasteiger partial charge in [-0.1, -0.05) is 12.5 Å². The highest BCUT2D eigenvalue weighted by Crippen LogP contribution is 2.32. The Morgan fingerprint density at radius 1 is 1.19 bits per heavy atom. The second-order valence-electron chi connectivity index (χ2n) is 9.69. The van der Waals surface area contributed by atoms with Crippen LogP contribution in [-0.4, -0.2) is 107 Å². The van der Waals surface area contributed by atoms with Crippen molar-refractivity contribution in [2.75, 3.05) is 66.5 Å². The molecule has 3 rings (SSSR count). The zero-order valence-electron chi connectivity index (χ0n) is 21.0. The predicted molar refractivity (Wildman–Crippen MR) is 130 cm³/mol. The highest BCUT2D eigenvalue weighted by molar-refractivity contribution is 7.92. The predicted octanol–water partition coefficient (Wildman–Crippen LogP) is 2.06. The normalized spacial score (nSPS) is 21.1. The number of nitrogens with one attached hydrogen (secondary N) is 1. The number of hydrogen-bond acceptors (Lipinski definition) is 7. The molecule has 0 bridgehead atoms. The lowest BCUT2D eigenvalue weighted by molar-refractivity contribution is -0.139. The van der Waals surface area contributed by atoms with Gasteiger partial charge in [0.2, 0.25) is 15.7 Å². The van der Waals surface area contributed by atoms with Gasteiger partial charge in [-0.15, -0.1) is 0 Å². The molecule has 0 aliphatic carbocycles. The van der Waals surface area contributed by atoms with Gasteiger partial charge in [0.1, 0.15) is 6.61 Å². The van der Waals surface area contributed by atoms with Gasteiger partial charge in [0.15, 0.2) is 5.44 Å². The van der Waals surface area contributed by atoms with Crippen LogP contribution < -0.4 is 5.32 Å². The Labute approximate surface area is 211 Å². The molecule has 2 aliphatic heterocycles. The third kappa shape index (κ3) is 7.88. The number of nitrogens with zero attached hydrogens (tertiary/aromatic N) is 3. The lowest BCUT2D eigenvalue weighted by atomic mass is 10.1. The molecule has 0 spiro atoms. The van der Waals surface area contributed by atoms with Crippen molar-refractivity contribution in [3.63, 3.8) is 0 Å². The molecule has 12 heteroatoms. The van der Waals surface area contributed by atoms with Crippen molar-refractivity contribution in [3.05, 3.63) is 29.8 Å². The molecule has 0 aromatic heterocycles. The van der Waals surface area contributed by atoms with Gasteiger partial charge >= 0.3 is 6.18 Å². The Hall–Kier alpha value is -1.73. The van der Waals surface area contributed by atoms with E-state index in [9.17, 15) is 26.4 Å². The molecule has 2 atom stereocenters. The average Bonchev–Trinajstić information content (AvgIpc) is 2.84. The SMILES string of the molecule is CN(C)CCCN1CCN(C(=O)COC(C2CCCCN2)S(=O)(=O)c2cccc(C(F)(F)F)c2)CC1. The molecule has 0 saturated carbocycles. The molecule has 2 saturated heterocycles. The number of ether oxygens (including phenoxy) is 1. The van der Waals surface area contributed by atoms with Crippen LogP contribution in [0.2, 0.25) is 0 Å². The number of rotatable bonds is 10. The number of hydrogen-bond donors (Lipinski definition) is 1. The highest BCUT2D eigenvalue weighted by Gasteiger charge is 2.39. The minimum absolute atomic E-state index is 0.317. The van der Waals surface area contributed by atoms with Crippen LogP contribution in [-0.2, 0) is 25.5 Å². The average molecular weight is 535 g/mol. The number of alkyl halides is 3. The van der Waals surface area contributed by atoms with Crippen molar-refractivity contribution in [1.29, 1.82) is 0 Å². The van der Waals surface area contributed by atoms with E-state index in [0.29, 0.717) is 32.1 Å². The molecule has 204 valence electrons. The van der Waals surface area contributed by atoms with Crippen LogP contribution >= 0.6 is 0 Å². The van der Waals surface area contributed by atoms with E-state index in [2.05, 4.69) is 15.1 Å². The van der Waals surface area contributed by atoms with Crippen LogP contribution in [0.3, 0.4) is 0 Å². The van der Waals surface area contributed by atoms with E-state index >= 15 is 0 Å². The largest absolute Gasteiger partial charge is 0.416 e. The monoisotopic (exact) mass is 534 g/mol. The van der Waals surface area contributed by atoms with Crippen molar-refractivity contribution >= 4 is 15.7 Å². The zero-order valence-corrected chi connectivity index (χ0v) is 21.8. The molecular weight excluding hydrogens is 497 g/mol. The molecule has 36 heavy (non-hydrogen) atoms. The molecule has 8 nitrogen and oxygen atoms in total. The maximum atomic E-state index is 13.4. The minimum Gasteiger partial charge on any atom is -0.350 e. The quantitative estimate of drug-likeness (QED) is 0.492. The zero-order chi connectivity index (χ0) is 26.3. The summed E-state index contributed by atoms with van der Waals surface area (Å²) in [5.41, 5.74) is -2.50. The number of carbonyl (C=O) groups excluding carboxylic acids is 1. The van der Waals surface area contributed by atoms with Gasteiger partial charge < -0.3 is 19.9 Å². The first-order valence-electron chi connectivity index (χ1n) is 12.4. The van der Waals surface area contributed by atoms with Crippen LogP contribution in [0, 0.1) is 0 Å². The van der Waals surface area contributed by atoms with Crippen molar-refractivity contribution in [3.8, 4) is 0 Å². The van der Waals surface area contributed by atoms with Gasteiger partial charge in [0.25, 0.3) is 0 Å². The van der Waals surface area contributed by atoms with E-state index in [1.165, 1.54) is 0 Å². The second-order valence-corrected chi connectivity index (χ2v) is 11.7. The third-order valence-electron chi connectivity index (χ3n) is 6.65. The summed E-state index contributed by atoms with van der Waals surface area (Å²) in [6.07, 6.45) is -1.52. The summed E-state index contributed by atoms with van der Waals surface area (Å²) in [4.78, 5) is 18.5. The van der Waals surface area contributed by atoms with E-state index in [1.807, 2.05) is 14.1 Å². The number of benzene rings is 1. The van der Waals surface area contributed by atoms with Crippen LogP contribution in [0.1, 0.15) is 31.2 Å². The van der Waals surface area contributed by atoms with Crippen LogP contribution in [0.15, 0.2) is 29.2 Å². The summed E-state index contributed by atoms with van der Waals surface area (Å²) >= 11 is 0. The molecule has 2 unspecified atom stereocenters. The first-order valence-corrected chi connectivity index (χ1v) is 13.9. The number of carbonyl (C=O) groups is 1. The summed E-state index contributed by atoms with van der Waals surface area (Å²) in [7, 11) is -0.248. The van der Waals surface area contributed by atoms with Gasteiger partial charge in [-0.2, -0.15) is 13.2 Å². The number of halogens is 3. The van der Waals surface area contributed by atoms with E-state index in [-0.39, 0.29) is 5.91 Å². The molecule has 2 heterocycles. The standard InChI is InChI=1S/C24H37F3N4O4S/c1-29(2)11-6-12-30-13-15-31(16-14-30)22(32)18-35-23(21-9-3-4-10-28-21)36(33,34)20-8-5-7-19(17-20)24(25,26)27/h5,7-8,17,21,23,28H,3-4,6,9-16,18H2,1-2H3. The fraction of sp³-hybridized carbons (Fsp3) is 0.708. The summed E-state index contributed by atoms with van der Waals surface area (Å²) in [5, 5.41) is 3.12. The maximum Gasteiger partial charge on any atom is 0.416 e. The molecular formula is C24H37F3N4O4S. The minimum atomic E-state index is -4.67. The lowest BCUT2D eigenvalue weighted by Crippen LogP contribution is -2.52. The first-order chi connectivity index (χ1) is 17.0. The highest BCUT2D eigenvalue weighted by atomic mass is 32.2. The number of piperidine rings is 1. The number of amides is 1. The van der Waals surface area contributed by atoms with Crippen molar-refractivity contribution in [2.24, 2.45) is 0 Å². The topological polar surface area (TPSA) is 82.2 Å². The molecule has 2 aliphatic rings. The Kier molecular flexibility index (Phi) is 10.2. The van der Waals surface area contributed by atoms with Crippen LogP contribution in [0.4, 0.5) is 13.2 Å². The van der Waals surface area contributed by atoms with Crippen molar-refractivity contribution < 1.29 is 31.1 Å². The second kappa shape index (κ2) is 12.7. The van der Waals surface area contributed by atoms with Crippen molar-refractivity contribution in [2.45, 2.75) is 48.2 Å². The third-order valence-corrected chi connectivity index (χ3v) is 8.64. The number of piperazine rings is 1. The fourth-order valence-electron chi connectivity index (χ4n) is 4.59. The number of sulfone groups is 1. The first kappa shape index (κ1) is 28.8. The Bertz CT molecular complexity index is 960. The van der Waals surface area contributed by atoms with Crippen molar-refractivity contribution in [1.82, 2.24) is 20.0 Å². The Morgan fingerprint density at radius 3 is 2.53 bits per heavy atom. The lowest BCUT2D eigenvalue weighted by Gasteiger charge is -2.35. The van der Waals surface area contributed by atoms with Gasteiger partial charge in [-0.3, -0.25) is 9.69 Å². The molecule has 1 amide bonds. The molecule has 1 N–H and O–H groups in total. The summed E-state index contributed by atoms with van der Waals surface area (Å²) < 4.78 is 72.2. The fourth-order valence-corrected chi connectivity index (χ4v) is 6.33. The molecule has 0 radical (unpaired) electrons. The molecule has 1 aromatic rings. The maximum absolute atomic E-state index is 13.4. The Balaban J connectivity index is 1.65. The van der Waals surface area contributed by atoms with Gasteiger partial charge in [0, 0.05) is 32.2 Å². The smallest absolute Gasteiger partial charge is 0.350 e. The summed E-state index contributed by atoms with van der Waals surface area (Å²) in [6, 6.07) is 3.06. The Morgan fingerprint density at radius 2 is 1.92 bits per heavy atom.